The number of alkyl halides is 6. The van der Waals surface area contributed by atoms with Crippen LogP contribution in [0, 0.1) is 77.2 Å². The Hall–Kier alpha value is -13.5. The molecule has 0 bridgehead atoms. The van der Waals surface area contributed by atoms with Crippen LogP contribution in [0.1, 0.15) is 161 Å². The molecule has 0 unspecified atom stereocenters. The van der Waals surface area contributed by atoms with Crippen molar-refractivity contribution in [3.05, 3.63) is 427 Å². The fourth-order valence-electron chi connectivity index (χ4n) is 15.8. The lowest BCUT2D eigenvalue weighted by molar-refractivity contribution is -0.142. The fraction of sp³-hybridized carbons (Fsp3) is 0.193. The molecule has 126 heavy (non-hydrogen) atoms. The summed E-state index contributed by atoms with van der Waals surface area (Å²) in [5, 5.41) is 7.45. The third kappa shape index (κ3) is 22.3. The van der Waals surface area contributed by atoms with Gasteiger partial charge in [0, 0.05) is 30.1 Å². The van der Waals surface area contributed by atoms with Gasteiger partial charge in [-0.05, 0) is 275 Å². The Morgan fingerprint density at radius 2 is 0.603 bits per heavy atom. The molecular formula is C109H98F10N4O3. The summed E-state index contributed by atoms with van der Waals surface area (Å²) in [6, 6.07) is 92.5. The van der Waals surface area contributed by atoms with Crippen molar-refractivity contribution in [2.75, 3.05) is 6.61 Å². The van der Waals surface area contributed by atoms with Crippen LogP contribution < -0.4 is 0 Å². The van der Waals surface area contributed by atoms with Gasteiger partial charge in [-0.2, -0.15) is 36.5 Å². The van der Waals surface area contributed by atoms with E-state index >= 15 is 0 Å². The fourth-order valence-corrected chi connectivity index (χ4v) is 15.8. The second kappa shape index (κ2) is 39.5. The van der Waals surface area contributed by atoms with Crippen LogP contribution in [0.25, 0.3) is 78.5 Å². The van der Waals surface area contributed by atoms with E-state index in [2.05, 4.69) is 72.6 Å². The van der Waals surface area contributed by atoms with Crippen LogP contribution in [0.3, 0.4) is 0 Å². The van der Waals surface area contributed by atoms with Crippen molar-refractivity contribution in [1.29, 1.82) is 0 Å². The summed E-state index contributed by atoms with van der Waals surface area (Å²) < 4.78 is 138. The minimum Gasteiger partial charge on any atom is -0.457 e. The van der Waals surface area contributed by atoms with Crippen LogP contribution >= 0.6 is 0 Å². The number of hydrogen-bond acceptors (Lipinski definition) is 5. The van der Waals surface area contributed by atoms with Gasteiger partial charge < -0.3 is 4.74 Å². The summed E-state index contributed by atoms with van der Waals surface area (Å²) in [5.74, 6) is -1.15. The number of esters is 1. The van der Waals surface area contributed by atoms with Crippen LogP contribution in [0.15, 0.2) is 309 Å². The summed E-state index contributed by atoms with van der Waals surface area (Å²) >= 11 is 0. The first-order chi connectivity index (χ1) is 60.0. The molecule has 17 heteroatoms. The molecule has 2 aromatic heterocycles. The highest BCUT2D eigenvalue weighted by Crippen LogP contribution is 2.63. The molecule has 12 aromatic carbocycles. The van der Waals surface area contributed by atoms with Crippen molar-refractivity contribution in [3.8, 4) is 33.9 Å². The van der Waals surface area contributed by atoms with Crippen LogP contribution in [0.4, 0.5) is 43.9 Å². The van der Waals surface area contributed by atoms with Gasteiger partial charge in [-0.3, -0.25) is 4.79 Å². The van der Waals surface area contributed by atoms with Gasteiger partial charge in [0.05, 0.1) is 28.3 Å². The lowest BCUT2D eigenvalue weighted by Gasteiger charge is -2.09. The Balaban J connectivity index is 0.000000138. The van der Waals surface area contributed by atoms with Crippen molar-refractivity contribution >= 4 is 56.3 Å². The van der Waals surface area contributed by atoms with Gasteiger partial charge in [0.1, 0.15) is 29.9 Å². The lowest BCUT2D eigenvalue weighted by Crippen LogP contribution is -2.07. The van der Waals surface area contributed by atoms with Crippen LogP contribution in [-0.4, -0.2) is 37.9 Å². The van der Waals surface area contributed by atoms with E-state index in [9.17, 15) is 53.5 Å². The summed E-state index contributed by atoms with van der Waals surface area (Å²) in [6.45, 7) is 14.4. The number of Topliss-reactive ketones (excluding diaryl/α,β-unsaturated/α-hetero) is 1. The molecule has 1 spiro atoms. The number of benzene rings is 12. The van der Waals surface area contributed by atoms with Crippen LogP contribution in [0.2, 0.25) is 0 Å². The maximum Gasteiger partial charge on any atom is 0.435 e. The van der Waals surface area contributed by atoms with Crippen molar-refractivity contribution in [2.24, 2.45) is 5.41 Å². The van der Waals surface area contributed by atoms with E-state index in [-0.39, 0.29) is 43.8 Å². The van der Waals surface area contributed by atoms with E-state index in [1.165, 1.54) is 133 Å². The van der Waals surface area contributed by atoms with Crippen molar-refractivity contribution < 1.29 is 59.7 Å². The number of cyclic esters (lactones) is 1. The zero-order valence-corrected chi connectivity index (χ0v) is 70.3. The number of aryl methyl sites for hydroxylation is 7. The summed E-state index contributed by atoms with van der Waals surface area (Å²) in [6.07, 6.45) is 0.690. The molecule has 4 aliphatic carbocycles. The Kier molecular flexibility index (Phi) is 28.3. The number of ether oxygens (including phenoxy) is 1. The second-order valence-electron chi connectivity index (χ2n) is 32.4. The lowest BCUT2D eigenvalue weighted by atomic mass is 9.96. The molecule has 0 N–H and O–H groups in total. The van der Waals surface area contributed by atoms with E-state index in [1.807, 2.05) is 162 Å². The summed E-state index contributed by atoms with van der Waals surface area (Å²) in [5.41, 5.74) is 27.6. The third-order valence-corrected chi connectivity index (χ3v) is 22.9. The molecule has 3 heterocycles. The highest BCUT2D eigenvalue weighted by Gasteiger charge is 2.48. The molecule has 1 saturated carbocycles. The van der Waals surface area contributed by atoms with Gasteiger partial charge in [0.2, 0.25) is 0 Å². The Morgan fingerprint density at radius 1 is 0.317 bits per heavy atom. The van der Waals surface area contributed by atoms with Gasteiger partial charge in [-0.15, -0.1) is 0 Å². The molecule has 19 rings (SSSR count). The average molecular weight is 1700 g/mol. The minimum atomic E-state index is -4.55. The molecule has 1 fully saturated rings. The topological polar surface area (TPSA) is 79.0 Å². The van der Waals surface area contributed by atoms with Crippen molar-refractivity contribution in [1.82, 2.24) is 19.6 Å². The van der Waals surface area contributed by atoms with Crippen molar-refractivity contribution in [2.45, 2.75) is 126 Å². The second-order valence-corrected chi connectivity index (χ2v) is 32.4. The first-order valence-electron chi connectivity index (χ1n) is 41.5. The number of ketones is 1. The highest BCUT2D eigenvalue weighted by atomic mass is 19.4. The molecule has 1 aliphatic heterocycles. The normalized spacial score (nSPS) is 14.4. The zero-order valence-electron chi connectivity index (χ0n) is 70.3. The molecule has 7 nitrogen and oxygen atoms in total. The highest BCUT2D eigenvalue weighted by molar-refractivity contribution is 6.31. The van der Waals surface area contributed by atoms with E-state index in [0.29, 0.717) is 52.2 Å². The van der Waals surface area contributed by atoms with Gasteiger partial charge in [-0.1, -0.05) is 259 Å². The monoisotopic (exact) mass is 1700 g/mol. The number of allylic oxidation sites excluding steroid dienone is 6. The summed E-state index contributed by atoms with van der Waals surface area (Å²) in [4.78, 5) is 24.1. The zero-order chi connectivity index (χ0) is 88.3. The predicted octanol–water partition coefficient (Wildman–Crippen LogP) is 29.8. The van der Waals surface area contributed by atoms with Crippen LogP contribution in [-0.2, 0) is 26.7 Å². The van der Waals surface area contributed by atoms with E-state index in [0.717, 1.165) is 99.0 Å². The molecular weight excluding hydrogens is 1600 g/mol. The molecule has 14 aromatic rings. The third-order valence-electron chi connectivity index (χ3n) is 22.9. The Labute approximate surface area is 731 Å². The molecule has 0 radical (unpaired) electrons. The maximum atomic E-state index is 13.2. The predicted molar refractivity (Wildman–Crippen MR) is 489 cm³/mol. The largest absolute Gasteiger partial charge is 0.457 e. The van der Waals surface area contributed by atoms with Crippen molar-refractivity contribution in [3.63, 3.8) is 0 Å². The number of carbonyl (C=O) groups excluding carboxylic acids is 2. The molecule has 0 atom stereocenters. The number of carbonyl (C=O) groups is 2. The van der Waals surface area contributed by atoms with E-state index in [4.69, 9.17) is 4.74 Å². The molecule has 0 saturated heterocycles. The number of halogens is 10. The smallest absolute Gasteiger partial charge is 0.435 e. The number of rotatable bonds is 12. The van der Waals surface area contributed by atoms with Gasteiger partial charge in [-0.25, -0.2) is 31.7 Å². The van der Waals surface area contributed by atoms with Gasteiger partial charge in [0.25, 0.3) is 0 Å². The SMILES string of the molecule is C.Cc1ccc(-c2cc(C(F)(F)F)nn2-c2ccc(C)cc2)cc1.Cc1ccc(-n2nc(C(F)(F)F)cc2-c2ccc(F)cc2)cc1.Cc1ccc(C2=C(c3ccc(F)cc3)C(=O)CC2)cc1.Cc1ccc(C2=C(c3ccc(F)cc3)CC3(CC3)C2)cc1.Cc1ccc(C2=C(c3ccc(F)cc3)CCC2)cc1.Cc1ccc(C2=C(c3ccccc3)C(=O)OC2)cc1.[HH]. The number of aromatic nitrogens is 4. The van der Waals surface area contributed by atoms with E-state index < -0.39 is 29.6 Å². The van der Waals surface area contributed by atoms with Gasteiger partial charge in [0.15, 0.2) is 17.2 Å². The Morgan fingerprint density at radius 3 is 0.944 bits per heavy atom. The Bertz CT molecular complexity index is 5890. The van der Waals surface area contributed by atoms with E-state index in [1.54, 1.807) is 84.9 Å². The number of hydrogen-bond donors (Lipinski definition) is 0. The molecule has 642 valence electrons. The average Bonchev–Trinajstić information content (AvgIpc) is 1.58. The first kappa shape index (κ1) is 90.2. The maximum absolute atomic E-state index is 13.2. The minimum absolute atomic E-state index is 0. The van der Waals surface area contributed by atoms with Crippen LogP contribution in [0.5, 0.6) is 0 Å². The molecule has 5 aliphatic rings. The summed E-state index contributed by atoms with van der Waals surface area (Å²) in [7, 11) is 0. The standard InChI is InChI=1S/C20H19F.C18H15F3N2.C18H15FO.C18H17F.C17H12F4N2.C17H14O2.CH4.H2/c1-14-2-4-15(5-3-14)18-12-20(10-11-20)13-19(18)16-6-8-17(21)9-7-16;1-12-3-7-14(8-4-12)16-11-17(18(19,20)21)22-23(16)15-9-5-13(2)6-10-15;1-12-2-4-13(5-3-12)16-10-11-17(20)18(16)14-6-8-15(19)9-7-14;1-13-5-7-14(8-6-13)17-3-2-4-18(17)15-9-11-16(19)12-10-15;1-11-2-8-14(9-3-11)23-15(10-16(22-23)17(19,20)21)12-4-6-13(18)7-5-12;1-12-7-9-13(10-8-12)15-11-19-17(18)16(15)14-5-3-2-4-6-14;;/h2-9H,10-13H2,1H3;3-11H,1-2H3;2-9H,10-11H2,1H3;5-12H,2-4H2,1H3;2-10H,1H3;2-10H,11H2,1H3;1H4;1H. The van der Waals surface area contributed by atoms with Gasteiger partial charge >= 0.3 is 18.3 Å². The number of nitrogens with zero attached hydrogens (tertiary/aromatic N) is 4. The first-order valence-corrected chi connectivity index (χ1v) is 41.5. The molecule has 0 amide bonds. The quantitative estimate of drug-likeness (QED) is 0.0899.